The van der Waals surface area contributed by atoms with Gasteiger partial charge in [-0.15, -0.1) is 0 Å². The number of hydrogen-bond acceptors (Lipinski definition) is 3. The van der Waals surface area contributed by atoms with Crippen LogP contribution in [0.4, 0.5) is 4.79 Å². The molecular formula is C13H18BrClN2O2. The summed E-state index contributed by atoms with van der Waals surface area (Å²) in [5, 5.41) is 3.26. The van der Waals surface area contributed by atoms with Crippen LogP contribution in [0.2, 0.25) is 5.02 Å². The third kappa shape index (κ3) is 5.80. The van der Waals surface area contributed by atoms with Crippen molar-refractivity contribution in [2.45, 2.75) is 32.4 Å². The van der Waals surface area contributed by atoms with Crippen LogP contribution in [0.15, 0.2) is 22.7 Å². The molecule has 1 unspecified atom stereocenters. The molecule has 0 heterocycles. The van der Waals surface area contributed by atoms with E-state index in [1.807, 2.05) is 32.9 Å². The number of hydrogen-bond donors (Lipinski definition) is 2. The molecule has 6 heteroatoms. The number of carbonyl (C=O) groups is 1. The fourth-order valence-corrected chi connectivity index (χ4v) is 1.88. The van der Waals surface area contributed by atoms with Crippen LogP contribution in [0.1, 0.15) is 32.4 Å². The summed E-state index contributed by atoms with van der Waals surface area (Å²) >= 11 is 9.24. The molecule has 0 bridgehead atoms. The molecule has 0 aliphatic heterocycles. The molecule has 0 aliphatic carbocycles. The number of ether oxygens (including phenoxy) is 1. The molecule has 1 aromatic carbocycles. The van der Waals surface area contributed by atoms with Gasteiger partial charge in [-0.3, -0.25) is 0 Å². The first-order chi connectivity index (χ1) is 8.69. The summed E-state index contributed by atoms with van der Waals surface area (Å²) in [4.78, 5) is 11.5. The lowest BCUT2D eigenvalue weighted by molar-refractivity contribution is 0.0524. The molecular weight excluding hydrogens is 332 g/mol. The van der Waals surface area contributed by atoms with Crippen LogP contribution in [-0.2, 0) is 4.74 Å². The monoisotopic (exact) mass is 348 g/mol. The van der Waals surface area contributed by atoms with Crippen molar-refractivity contribution in [3.8, 4) is 0 Å². The predicted octanol–water partition coefficient (Wildman–Crippen LogP) is 3.63. The maximum Gasteiger partial charge on any atom is 0.407 e. The van der Waals surface area contributed by atoms with Crippen molar-refractivity contribution in [2.24, 2.45) is 5.73 Å². The topological polar surface area (TPSA) is 64.3 Å². The van der Waals surface area contributed by atoms with Crippen molar-refractivity contribution >= 4 is 33.6 Å². The van der Waals surface area contributed by atoms with Crippen LogP contribution in [-0.4, -0.2) is 18.2 Å². The van der Waals surface area contributed by atoms with Crippen LogP contribution in [0.5, 0.6) is 0 Å². The van der Waals surface area contributed by atoms with Crippen molar-refractivity contribution in [1.82, 2.24) is 5.32 Å². The van der Waals surface area contributed by atoms with E-state index in [2.05, 4.69) is 21.2 Å². The van der Waals surface area contributed by atoms with Crippen LogP contribution in [0.25, 0.3) is 0 Å². The molecule has 4 nitrogen and oxygen atoms in total. The van der Waals surface area contributed by atoms with Gasteiger partial charge in [0.25, 0.3) is 0 Å². The Kier molecular flexibility index (Phi) is 5.64. The average molecular weight is 350 g/mol. The average Bonchev–Trinajstić information content (AvgIpc) is 2.27. The van der Waals surface area contributed by atoms with Gasteiger partial charge < -0.3 is 15.8 Å². The Bertz CT molecular complexity index is 460. The first kappa shape index (κ1) is 16.3. The highest BCUT2D eigenvalue weighted by molar-refractivity contribution is 9.10. The quantitative estimate of drug-likeness (QED) is 0.876. The van der Waals surface area contributed by atoms with E-state index < -0.39 is 11.7 Å². The van der Waals surface area contributed by atoms with Crippen molar-refractivity contribution < 1.29 is 9.53 Å². The SMILES string of the molecule is CC(C)(C)OC(=O)NCC(N)c1ccc(Cl)c(Br)c1. The molecule has 1 atom stereocenters. The molecule has 0 fully saturated rings. The predicted molar refractivity (Wildman–Crippen MR) is 80.3 cm³/mol. The second-order valence-electron chi connectivity index (χ2n) is 5.16. The second-order valence-corrected chi connectivity index (χ2v) is 6.42. The first-order valence-electron chi connectivity index (χ1n) is 5.86. The van der Waals surface area contributed by atoms with Gasteiger partial charge in [0.2, 0.25) is 0 Å². The van der Waals surface area contributed by atoms with E-state index in [-0.39, 0.29) is 6.04 Å². The Labute approximate surface area is 126 Å². The van der Waals surface area contributed by atoms with Crippen molar-refractivity contribution in [3.63, 3.8) is 0 Å². The van der Waals surface area contributed by atoms with Gasteiger partial charge >= 0.3 is 6.09 Å². The Morgan fingerprint density at radius 1 is 1.53 bits per heavy atom. The Morgan fingerprint density at radius 3 is 2.68 bits per heavy atom. The van der Waals surface area contributed by atoms with Gasteiger partial charge in [0.1, 0.15) is 5.60 Å². The zero-order valence-electron chi connectivity index (χ0n) is 11.2. The van der Waals surface area contributed by atoms with Crippen molar-refractivity contribution in [3.05, 3.63) is 33.3 Å². The van der Waals surface area contributed by atoms with Gasteiger partial charge in [-0.1, -0.05) is 17.7 Å². The fraction of sp³-hybridized carbons (Fsp3) is 0.462. The van der Waals surface area contributed by atoms with Crippen molar-refractivity contribution in [2.75, 3.05) is 6.54 Å². The van der Waals surface area contributed by atoms with Gasteiger partial charge in [-0.25, -0.2) is 4.79 Å². The molecule has 1 aromatic rings. The van der Waals surface area contributed by atoms with E-state index in [4.69, 9.17) is 22.1 Å². The Hall–Kier alpha value is -0.780. The largest absolute Gasteiger partial charge is 0.444 e. The summed E-state index contributed by atoms with van der Waals surface area (Å²) in [6.07, 6.45) is -0.476. The van der Waals surface area contributed by atoms with Crippen LogP contribution >= 0.6 is 27.5 Å². The minimum Gasteiger partial charge on any atom is -0.444 e. The molecule has 3 N–H and O–H groups in total. The molecule has 106 valence electrons. The van der Waals surface area contributed by atoms with E-state index in [0.717, 1.165) is 10.0 Å². The molecule has 0 saturated carbocycles. The number of nitrogens with two attached hydrogens (primary N) is 1. The van der Waals surface area contributed by atoms with E-state index in [1.54, 1.807) is 6.07 Å². The normalized spacial score (nSPS) is 12.9. The lowest BCUT2D eigenvalue weighted by atomic mass is 10.1. The van der Waals surface area contributed by atoms with Gasteiger partial charge in [-0.2, -0.15) is 0 Å². The highest BCUT2D eigenvalue weighted by atomic mass is 79.9. The van der Waals surface area contributed by atoms with Gasteiger partial charge in [-0.05, 0) is 54.4 Å². The highest BCUT2D eigenvalue weighted by Crippen LogP contribution is 2.25. The van der Waals surface area contributed by atoms with Crippen LogP contribution in [0.3, 0.4) is 0 Å². The minimum absolute atomic E-state index is 0.295. The van der Waals surface area contributed by atoms with E-state index in [0.29, 0.717) is 11.6 Å². The van der Waals surface area contributed by atoms with E-state index in [9.17, 15) is 4.79 Å². The highest BCUT2D eigenvalue weighted by Gasteiger charge is 2.17. The van der Waals surface area contributed by atoms with E-state index >= 15 is 0 Å². The van der Waals surface area contributed by atoms with Crippen LogP contribution < -0.4 is 11.1 Å². The summed E-state index contributed by atoms with van der Waals surface area (Å²) in [5.41, 5.74) is 6.36. The second kappa shape index (κ2) is 6.59. The molecule has 0 saturated heterocycles. The number of halogens is 2. The number of nitrogens with one attached hydrogen (secondary N) is 1. The maximum absolute atomic E-state index is 11.5. The lowest BCUT2D eigenvalue weighted by Gasteiger charge is -2.21. The molecule has 0 aromatic heterocycles. The Morgan fingerprint density at radius 2 is 2.16 bits per heavy atom. The first-order valence-corrected chi connectivity index (χ1v) is 7.03. The molecule has 0 radical (unpaired) electrons. The zero-order valence-corrected chi connectivity index (χ0v) is 13.5. The third-order valence-corrected chi connectivity index (χ3v) is 3.45. The molecule has 1 rings (SSSR count). The number of alkyl carbamates (subject to hydrolysis) is 1. The summed E-state index contributed by atoms with van der Waals surface area (Å²) in [6, 6.07) is 5.10. The third-order valence-electron chi connectivity index (χ3n) is 2.24. The lowest BCUT2D eigenvalue weighted by Crippen LogP contribution is -2.36. The molecule has 1 amide bonds. The maximum atomic E-state index is 11.5. The zero-order chi connectivity index (χ0) is 14.6. The number of carbonyl (C=O) groups excluding carboxylic acids is 1. The smallest absolute Gasteiger partial charge is 0.407 e. The van der Waals surface area contributed by atoms with Gasteiger partial charge in [0, 0.05) is 17.1 Å². The van der Waals surface area contributed by atoms with Gasteiger partial charge in [0.15, 0.2) is 0 Å². The standard InChI is InChI=1S/C13H18BrClN2O2/c1-13(2,3)19-12(18)17-7-11(16)8-4-5-10(15)9(14)6-8/h4-6,11H,7,16H2,1-3H3,(H,17,18). The fourth-order valence-electron chi connectivity index (χ4n) is 1.37. The summed E-state index contributed by atoms with van der Waals surface area (Å²) < 4.78 is 5.91. The van der Waals surface area contributed by atoms with Crippen molar-refractivity contribution in [1.29, 1.82) is 0 Å². The summed E-state index contributed by atoms with van der Waals surface area (Å²) in [5.74, 6) is 0. The van der Waals surface area contributed by atoms with Gasteiger partial charge in [0.05, 0.1) is 5.02 Å². The number of benzene rings is 1. The number of amides is 1. The number of rotatable bonds is 3. The molecule has 0 aliphatic rings. The van der Waals surface area contributed by atoms with Crippen LogP contribution in [0, 0.1) is 0 Å². The van der Waals surface area contributed by atoms with E-state index in [1.165, 1.54) is 0 Å². The molecule has 19 heavy (non-hydrogen) atoms. The molecule has 0 spiro atoms. The summed E-state index contributed by atoms with van der Waals surface area (Å²) in [7, 11) is 0. The summed E-state index contributed by atoms with van der Waals surface area (Å²) in [6.45, 7) is 5.72. The Balaban J connectivity index is 2.53. The minimum atomic E-state index is -0.516.